The first kappa shape index (κ1) is 12.3. The molecule has 1 aromatic rings. The maximum absolute atomic E-state index is 11.3. The molecule has 0 fully saturated rings. The minimum Gasteiger partial charge on any atom is -0.293 e. The Morgan fingerprint density at radius 2 is 1.50 bits per heavy atom. The lowest BCUT2D eigenvalue weighted by molar-refractivity contribution is 0.102. The van der Waals surface area contributed by atoms with E-state index in [0.717, 1.165) is 0 Å². The second kappa shape index (κ2) is 4.86. The van der Waals surface area contributed by atoms with Gasteiger partial charge < -0.3 is 0 Å². The number of ketones is 1. The van der Waals surface area contributed by atoms with E-state index >= 15 is 0 Å². The smallest absolute Gasteiger partial charge is 0.180 e. The van der Waals surface area contributed by atoms with Gasteiger partial charge in [-0.25, -0.2) is 4.98 Å². The lowest BCUT2D eigenvalue weighted by atomic mass is 10.2. The number of rotatable bonds is 2. The fraction of sp³-hybridized carbons (Fsp3) is 0.143. The van der Waals surface area contributed by atoms with Gasteiger partial charge in [0.05, 0.1) is 21.5 Å². The summed E-state index contributed by atoms with van der Waals surface area (Å²) >= 11 is 28.0. The van der Waals surface area contributed by atoms with Crippen molar-refractivity contribution in [3.05, 3.63) is 25.9 Å². The Morgan fingerprint density at radius 1 is 1.07 bits per heavy atom. The summed E-state index contributed by atoms with van der Waals surface area (Å²) in [5, 5.41) is -0.220. The fourth-order valence-corrected chi connectivity index (χ4v) is 1.87. The standard InChI is InChI=1S/C7H2Cl5NO/c8-1-2(14)3-4(9)6(11)13-7(12)5(3)10/h1H2. The number of nitrogens with zero attached hydrogens (tertiary/aromatic N) is 1. The van der Waals surface area contributed by atoms with E-state index in [0.29, 0.717) is 0 Å². The molecule has 0 bridgehead atoms. The molecule has 0 atom stereocenters. The van der Waals surface area contributed by atoms with Crippen LogP contribution in [0.4, 0.5) is 0 Å². The van der Waals surface area contributed by atoms with E-state index in [4.69, 9.17) is 58.0 Å². The zero-order chi connectivity index (χ0) is 10.9. The Hall–Kier alpha value is 0.270. The largest absolute Gasteiger partial charge is 0.293 e. The van der Waals surface area contributed by atoms with E-state index < -0.39 is 5.78 Å². The molecular weight excluding hydrogens is 291 g/mol. The summed E-state index contributed by atoms with van der Waals surface area (Å²) in [5.74, 6) is -0.705. The minimum atomic E-state index is -0.451. The van der Waals surface area contributed by atoms with E-state index in [2.05, 4.69) is 4.98 Å². The summed E-state index contributed by atoms with van der Waals surface area (Å²) in [5.41, 5.74) is 0.00772. The monoisotopic (exact) mass is 291 g/mol. The first-order valence-electron chi connectivity index (χ1n) is 3.28. The highest BCUT2D eigenvalue weighted by molar-refractivity contribution is 6.50. The third-order valence-corrected chi connectivity index (χ3v) is 3.12. The highest BCUT2D eigenvalue weighted by atomic mass is 35.5. The minimum absolute atomic E-state index is 0.00772. The van der Waals surface area contributed by atoms with Gasteiger partial charge in [-0.3, -0.25) is 4.79 Å². The van der Waals surface area contributed by atoms with Gasteiger partial charge in [-0.2, -0.15) is 0 Å². The molecule has 14 heavy (non-hydrogen) atoms. The third kappa shape index (κ3) is 2.26. The zero-order valence-electron chi connectivity index (χ0n) is 6.45. The predicted molar refractivity (Wildman–Crippen MR) is 59.3 cm³/mol. The Labute approximate surface area is 105 Å². The van der Waals surface area contributed by atoms with Gasteiger partial charge in [0.25, 0.3) is 0 Å². The van der Waals surface area contributed by atoms with Crippen LogP contribution in [0.5, 0.6) is 0 Å². The van der Waals surface area contributed by atoms with Crippen molar-refractivity contribution in [3.8, 4) is 0 Å². The lowest BCUT2D eigenvalue weighted by Crippen LogP contribution is -2.04. The van der Waals surface area contributed by atoms with Crippen LogP contribution in [0.2, 0.25) is 20.4 Å². The normalized spacial score (nSPS) is 10.4. The number of aromatic nitrogens is 1. The topological polar surface area (TPSA) is 30.0 Å². The van der Waals surface area contributed by atoms with Crippen LogP contribution < -0.4 is 0 Å². The summed E-state index contributed by atoms with van der Waals surface area (Å²) in [4.78, 5) is 14.9. The van der Waals surface area contributed by atoms with E-state index in [1.54, 1.807) is 0 Å². The quantitative estimate of drug-likeness (QED) is 0.466. The van der Waals surface area contributed by atoms with E-state index in [-0.39, 0.29) is 31.8 Å². The molecule has 1 heterocycles. The van der Waals surface area contributed by atoms with Crippen LogP contribution in [0.3, 0.4) is 0 Å². The second-order valence-electron chi connectivity index (χ2n) is 2.25. The van der Waals surface area contributed by atoms with E-state index in [9.17, 15) is 4.79 Å². The van der Waals surface area contributed by atoms with Gasteiger partial charge in [0.1, 0.15) is 10.3 Å². The number of alkyl halides is 1. The van der Waals surface area contributed by atoms with Gasteiger partial charge in [-0.15, -0.1) is 11.6 Å². The van der Waals surface area contributed by atoms with Gasteiger partial charge in [0, 0.05) is 0 Å². The molecule has 0 aliphatic heterocycles. The molecule has 0 aliphatic rings. The van der Waals surface area contributed by atoms with Crippen LogP contribution >= 0.6 is 58.0 Å². The number of hydrogen-bond donors (Lipinski definition) is 0. The summed E-state index contributed by atoms with van der Waals surface area (Å²) < 4.78 is 0. The molecule has 0 aliphatic carbocycles. The maximum atomic E-state index is 11.3. The molecule has 1 aromatic heterocycles. The van der Waals surface area contributed by atoms with Crippen LogP contribution in [-0.2, 0) is 0 Å². The number of carbonyl (C=O) groups is 1. The van der Waals surface area contributed by atoms with Gasteiger partial charge in [0.2, 0.25) is 0 Å². The predicted octanol–water partition coefficient (Wildman–Crippen LogP) is 4.12. The summed E-state index contributed by atoms with van der Waals surface area (Å²) in [6, 6.07) is 0. The number of hydrogen-bond acceptors (Lipinski definition) is 2. The van der Waals surface area contributed by atoms with Gasteiger partial charge in [-0.05, 0) is 0 Å². The summed E-state index contributed by atoms with van der Waals surface area (Å²) in [7, 11) is 0. The maximum Gasteiger partial charge on any atom is 0.180 e. The van der Waals surface area contributed by atoms with Crippen molar-refractivity contribution < 1.29 is 4.79 Å². The van der Waals surface area contributed by atoms with Crippen molar-refractivity contribution in [1.29, 1.82) is 0 Å². The van der Waals surface area contributed by atoms with Crippen LogP contribution in [-0.4, -0.2) is 16.6 Å². The Balaban J connectivity index is 3.47. The molecule has 0 spiro atoms. The van der Waals surface area contributed by atoms with Crippen molar-refractivity contribution in [3.63, 3.8) is 0 Å². The molecule has 0 unspecified atom stereocenters. The molecular formula is C7H2Cl5NO. The molecule has 1 rings (SSSR count). The molecule has 0 N–H and O–H groups in total. The third-order valence-electron chi connectivity index (χ3n) is 1.40. The SMILES string of the molecule is O=C(CCl)c1c(Cl)c(Cl)nc(Cl)c1Cl. The number of carbonyl (C=O) groups excluding carboxylic acids is 1. The van der Waals surface area contributed by atoms with Crippen molar-refractivity contribution in [2.24, 2.45) is 0 Å². The van der Waals surface area contributed by atoms with Crippen LogP contribution in [0, 0.1) is 0 Å². The molecule has 0 saturated heterocycles. The summed E-state index contributed by atoms with van der Waals surface area (Å²) in [6.07, 6.45) is 0. The number of halogens is 5. The molecule has 0 radical (unpaired) electrons. The van der Waals surface area contributed by atoms with Crippen molar-refractivity contribution in [1.82, 2.24) is 4.98 Å². The Bertz CT molecular complexity index is 366. The molecule has 0 amide bonds. The second-order valence-corrected chi connectivity index (χ2v) is 3.99. The lowest BCUT2D eigenvalue weighted by Gasteiger charge is -2.06. The van der Waals surface area contributed by atoms with Crippen molar-refractivity contribution in [2.75, 3.05) is 5.88 Å². The van der Waals surface area contributed by atoms with Crippen molar-refractivity contribution in [2.45, 2.75) is 0 Å². The van der Waals surface area contributed by atoms with Crippen molar-refractivity contribution >= 4 is 63.8 Å². The van der Waals surface area contributed by atoms with Gasteiger partial charge >= 0.3 is 0 Å². The highest BCUT2D eigenvalue weighted by Crippen LogP contribution is 2.34. The number of Topliss-reactive ketones (excluding diaryl/α,β-unsaturated/α-hetero) is 1. The molecule has 7 heteroatoms. The number of pyridine rings is 1. The molecule has 2 nitrogen and oxygen atoms in total. The van der Waals surface area contributed by atoms with Gasteiger partial charge in [0.15, 0.2) is 5.78 Å². The van der Waals surface area contributed by atoms with Crippen LogP contribution in [0.15, 0.2) is 0 Å². The molecule has 0 saturated carbocycles. The Kier molecular flexibility index (Phi) is 4.29. The first-order valence-corrected chi connectivity index (χ1v) is 5.32. The molecule has 76 valence electrons. The average Bonchev–Trinajstić information content (AvgIpc) is 2.15. The fourth-order valence-electron chi connectivity index (χ4n) is 0.799. The Morgan fingerprint density at radius 3 is 1.86 bits per heavy atom. The van der Waals surface area contributed by atoms with Crippen LogP contribution in [0.25, 0.3) is 0 Å². The highest BCUT2D eigenvalue weighted by Gasteiger charge is 2.20. The zero-order valence-corrected chi connectivity index (χ0v) is 10.2. The molecule has 0 aromatic carbocycles. The van der Waals surface area contributed by atoms with E-state index in [1.165, 1.54) is 0 Å². The first-order chi connectivity index (χ1) is 6.49. The average molecular weight is 293 g/mol. The van der Waals surface area contributed by atoms with E-state index in [1.807, 2.05) is 0 Å². The van der Waals surface area contributed by atoms with Gasteiger partial charge in [-0.1, -0.05) is 46.4 Å². The summed E-state index contributed by atoms with van der Waals surface area (Å²) in [6.45, 7) is 0. The van der Waals surface area contributed by atoms with Crippen LogP contribution in [0.1, 0.15) is 10.4 Å².